The number of ether oxygens (including phenoxy) is 1. The van der Waals surface area contributed by atoms with Gasteiger partial charge in [-0.25, -0.2) is 0 Å². The summed E-state index contributed by atoms with van der Waals surface area (Å²) < 4.78 is 5.85. The van der Waals surface area contributed by atoms with E-state index in [1.807, 2.05) is 18.2 Å². The average molecular weight is 268 g/mol. The van der Waals surface area contributed by atoms with Gasteiger partial charge in [-0.3, -0.25) is 0 Å². The second-order valence-corrected chi connectivity index (χ2v) is 5.53. The Balaban J connectivity index is 1.83. The highest BCUT2D eigenvalue weighted by Gasteiger charge is 2.13. The van der Waals surface area contributed by atoms with Crippen LogP contribution in [0.2, 0.25) is 5.02 Å². The third kappa shape index (κ3) is 3.89. The van der Waals surface area contributed by atoms with Gasteiger partial charge >= 0.3 is 0 Å². The number of halogens is 1. The van der Waals surface area contributed by atoms with Gasteiger partial charge in [-0.15, -0.1) is 0 Å². The van der Waals surface area contributed by atoms with Gasteiger partial charge < -0.3 is 10.5 Å². The Labute approximate surface area is 114 Å². The van der Waals surface area contributed by atoms with Gasteiger partial charge in [0.15, 0.2) is 0 Å². The molecule has 1 aromatic rings. The van der Waals surface area contributed by atoms with Crippen molar-refractivity contribution >= 4 is 11.6 Å². The van der Waals surface area contributed by atoms with Gasteiger partial charge in [-0.2, -0.15) is 0 Å². The maximum Gasteiger partial charge on any atom is 0.125 e. The predicted octanol–water partition coefficient (Wildman–Crippen LogP) is 4.15. The topological polar surface area (TPSA) is 35.2 Å². The summed E-state index contributed by atoms with van der Waals surface area (Å²) in [4.78, 5) is 0. The number of hydrogen-bond acceptors (Lipinski definition) is 2. The largest absolute Gasteiger partial charge is 0.493 e. The summed E-state index contributed by atoms with van der Waals surface area (Å²) >= 11 is 5.98. The van der Waals surface area contributed by atoms with E-state index in [-0.39, 0.29) is 0 Å². The molecule has 0 saturated heterocycles. The highest BCUT2D eigenvalue weighted by Crippen LogP contribution is 2.27. The van der Waals surface area contributed by atoms with E-state index in [2.05, 4.69) is 0 Å². The highest BCUT2D eigenvalue weighted by molar-refractivity contribution is 6.30. The van der Waals surface area contributed by atoms with Crippen molar-refractivity contribution in [3.8, 4) is 5.75 Å². The number of benzene rings is 1. The van der Waals surface area contributed by atoms with Crippen molar-refractivity contribution in [1.82, 2.24) is 0 Å². The lowest BCUT2D eigenvalue weighted by Gasteiger charge is -2.21. The molecule has 0 unspecified atom stereocenters. The Morgan fingerprint density at radius 1 is 1.22 bits per heavy atom. The highest BCUT2D eigenvalue weighted by atomic mass is 35.5. The summed E-state index contributed by atoms with van der Waals surface area (Å²) in [7, 11) is 0. The molecule has 2 nitrogen and oxygen atoms in total. The second-order valence-electron chi connectivity index (χ2n) is 5.10. The molecule has 0 amide bonds. The first-order valence-electron chi connectivity index (χ1n) is 6.91. The standard InChI is InChI=1S/C15H22ClNO/c16-14-7-6-13(11-17)15(10-14)18-9-8-12-4-2-1-3-5-12/h6-7,10,12H,1-5,8-9,11,17H2. The van der Waals surface area contributed by atoms with Gasteiger partial charge in [-0.05, 0) is 24.5 Å². The van der Waals surface area contributed by atoms with Crippen LogP contribution in [0.4, 0.5) is 0 Å². The molecule has 0 spiro atoms. The van der Waals surface area contributed by atoms with Crippen molar-refractivity contribution in [1.29, 1.82) is 0 Å². The zero-order valence-electron chi connectivity index (χ0n) is 10.8. The van der Waals surface area contributed by atoms with Gasteiger partial charge in [0.05, 0.1) is 6.61 Å². The van der Waals surface area contributed by atoms with E-state index < -0.39 is 0 Å². The quantitative estimate of drug-likeness (QED) is 0.870. The average Bonchev–Trinajstić information content (AvgIpc) is 2.40. The first-order valence-corrected chi connectivity index (χ1v) is 7.28. The van der Waals surface area contributed by atoms with Crippen LogP contribution in [-0.4, -0.2) is 6.61 Å². The van der Waals surface area contributed by atoms with Crippen LogP contribution in [-0.2, 0) is 6.54 Å². The first kappa shape index (κ1) is 13.7. The Hall–Kier alpha value is -0.730. The minimum Gasteiger partial charge on any atom is -0.493 e. The minimum absolute atomic E-state index is 0.496. The van der Waals surface area contributed by atoms with Crippen LogP contribution in [0, 0.1) is 5.92 Å². The molecule has 0 aliphatic heterocycles. The summed E-state index contributed by atoms with van der Waals surface area (Å²) in [6.07, 6.45) is 8.05. The molecule has 0 atom stereocenters. The molecule has 18 heavy (non-hydrogen) atoms. The lowest BCUT2D eigenvalue weighted by atomic mass is 9.87. The van der Waals surface area contributed by atoms with E-state index in [1.54, 1.807) is 0 Å². The number of rotatable bonds is 5. The van der Waals surface area contributed by atoms with Crippen LogP contribution in [0.1, 0.15) is 44.1 Å². The van der Waals surface area contributed by atoms with E-state index >= 15 is 0 Å². The van der Waals surface area contributed by atoms with Crippen LogP contribution in [0.15, 0.2) is 18.2 Å². The van der Waals surface area contributed by atoms with Crippen molar-refractivity contribution in [2.24, 2.45) is 11.7 Å². The lowest BCUT2D eigenvalue weighted by Crippen LogP contribution is -2.11. The molecule has 2 N–H and O–H groups in total. The van der Waals surface area contributed by atoms with Crippen molar-refractivity contribution in [3.05, 3.63) is 28.8 Å². The molecule has 0 bridgehead atoms. The van der Waals surface area contributed by atoms with Gasteiger partial charge in [0.25, 0.3) is 0 Å². The molecule has 1 fully saturated rings. The molecule has 1 saturated carbocycles. The van der Waals surface area contributed by atoms with Crippen molar-refractivity contribution in [2.75, 3.05) is 6.61 Å². The molecular weight excluding hydrogens is 246 g/mol. The van der Waals surface area contributed by atoms with Gasteiger partial charge in [0.1, 0.15) is 5.75 Å². The molecule has 0 heterocycles. The Bertz CT molecular complexity index is 375. The van der Waals surface area contributed by atoms with Crippen molar-refractivity contribution in [2.45, 2.75) is 45.1 Å². The minimum atomic E-state index is 0.496. The maximum absolute atomic E-state index is 5.98. The fourth-order valence-corrected chi connectivity index (χ4v) is 2.80. The molecule has 2 rings (SSSR count). The Morgan fingerprint density at radius 2 is 2.00 bits per heavy atom. The monoisotopic (exact) mass is 267 g/mol. The van der Waals surface area contributed by atoms with Crippen LogP contribution >= 0.6 is 11.6 Å². The summed E-state index contributed by atoms with van der Waals surface area (Å²) in [6.45, 7) is 1.27. The predicted molar refractivity (Wildman–Crippen MR) is 76.0 cm³/mol. The Kier molecular flexibility index (Phi) is 5.33. The summed E-state index contributed by atoms with van der Waals surface area (Å²) in [6, 6.07) is 5.67. The molecule has 1 aliphatic carbocycles. The number of hydrogen-bond donors (Lipinski definition) is 1. The van der Waals surface area contributed by atoms with Gasteiger partial charge in [0, 0.05) is 17.1 Å². The van der Waals surface area contributed by atoms with E-state index in [0.29, 0.717) is 11.6 Å². The molecule has 100 valence electrons. The normalized spacial score (nSPS) is 16.8. The van der Waals surface area contributed by atoms with E-state index in [1.165, 1.54) is 32.1 Å². The summed E-state index contributed by atoms with van der Waals surface area (Å²) in [5.41, 5.74) is 6.72. The lowest BCUT2D eigenvalue weighted by molar-refractivity contribution is 0.245. The molecule has 1 aromatic carbocycles. The van der Waals surface area contributed by atoms with E-state index in [0.717, 1.165) is 30.3 Å². The number of nitrogens with two attached hydrogens (primary N) is 1. The maximum atomic E-state index is 5.98. The molecule has 0 aromatic heterocycles. The van der Waals surface area contributed by atoms with Crippen molar-refractivity contribution < 1.29 is 4.74 Å². The van der Waals surface area contributed by atoms with Gasteiger partial charge in [-0.1, -0.05) is 49.8 Å². The van der Waals surface area contributed by atoms with Gasteiger partial charge in [0.2, 0.25) is 0 Å². The molecule has 1 aliphatic rings. The van der Waals surface area contributed by atoms with Crippen LogP contribution < -0.4 is 10.5 Å². The third-order valence-corrected chi connectivity index (χ3v) is 3.99. The molecule has 3 heteroatoms. The van der Waals surface area contributed by atoms with E-state index in [4.69, 9.17) is 22.1 Å². The summed E-state index contributed by atoms with van der Waals surface area (Å²) in [5, 5.41) is 0.708. The molecular formula is C15H22ClNO. The van der Waals surface area contributed by atoms with Crippen molar-refractivity contribution in [3.63, 3.8) is 0 Å². The third-order valence-electron chi connectivity index (χ3n) is 3.76. The van der Waals surface area contributed by atoms with Crippen LogP contribution in [0.3, 0.4) is 0 Å². The smallest absolute Gasteiger partial charge is 0.125 e. The van der Waals surface area contributed by atoms with Crippen LogP contribution in [0.5, 0.6) is 5.75 Å². The fraction of sp³-hybridized carbons (Fsp3) is 0.600. The second kappa shape index (κ2) is 7.01. The van der Waals surface area contributed by atoms with Crippen LogP contribution in [0.25, 0.3) is 0 Å². The molecule has 0 radical (unpaired) electrons. The Morgan fingerprint density at radius 3 is 2.72 bits per heavy atom. The zero-order chi connectivity index (χ0) is 12.8. The fourth-order valence-electron chi connectivity index (χ4n) is 2.64. The van der Waals surface area contributed by atoms with E-state index in [9.17, 15) is 0 Å². The SMILES string of the molecule is NCc1ccc(Cl)cc1OCCC1CCCCC1. The zero-order valence-corrected chi connectivity index (χ0v) is 11.6. The summed E-state index contributed by atoms with van der Waals surface area (Å²) in [5.74, 6) is 1.69. The first-order chi connectivity index (χ1) is 8.79.